The molecule has 0 fully saturated rings. The van der Waals surface area contributed by atoms with E-state index in [0.29, 0.717) is 11.2 Å². The lowest BCUT2D eigenvalue weighted by Crippen LogP contribution is -2.31. The molecule has 0 spiro atoms. The zero-order valence-corrected chi connectivity index (χ0v) is 14.4. The molecular formula is C15H15BrN4O4. The fraction of sp³-hybridized carbons (Fsp3) is 0.267. The summed E-state index contributed by atoms with van der Waals surface area (Å²) in [5, 5.41) is 19.8. The number of carbonyl (C=O) groups is 2. The zero-order chi connectivity index (χ0) is 17.3. The normalized spacial score (nSPS) is 14.6. The van der Waals surface area contributed by atoms with Crippen LogP contribution in [0.3, 0.4) is 0 Å². The van der Waals surface area contributed by atoms with Crippen LogP contribution in [0.25, 0.3) is 10.9 Å². The van der Waals surface area contributed by atoms with Gasteiger partial charge in [-0.3, -0.25) is 9.89 Å². The van der Waals surface area contributed by atoms with Gasteiger partial charge in [-0.1, -0.05) is 15.9 Å². The Morgan fingerprint density at radius 1 is 1.54 bits per heavy atom. The number of nitrogens with zero attached hydrogens (tertiary/aromatic N) is 2. The lowest BCUT2D eigenvalue weighted by Gasteiger charge is -2.15. The van der Waals surface area contributed by atoms with Gasteiger partial charge in [-0.2, -0.15) is 5.10 Å². The average Bonchev–Trinajstić information content (AvgIpc) is 3.18. The van der Waals surface area contributed by atoms with Crippen LogP contribution in [0.1, 0.15) is 0 Å². The van der Waals surface area contributed by atoms with Gasteiger partial charge < -0.3 is 20.1 Å². The van der Waals surface area contributed by atoms with Crippen molar-refractivity contribution in [2.45, 2.75) is 0 Å². The van der Waals surface area contributed by atoms with E-state index in [1.807, 2.05) is 6.07 Å². The first-order valence-electron chi connectivity index (χ1n) is 7.17. The number of rotatable bonds is 5. The standard InChI is InChI=1S/C15H15BrN4O4/c1-24-15(23)9-7-20(4-5-21)14(22)13(9)18-11-3-2-10(16)8-6-17-19-12(8)11/h2-3,6,18,21H,4-5,7H2,1H3,(H,17,19). The van der Waals surface area contributed by atoms with Crippen LogP contribution in [0.4, 0.5) is 5.69 Å². The minimum Gasteiger partial charge on any atom is -0.466 e. The molecule has 9 heteroatoms. The van der Waals surface area contributed by atoms with E-state index in [2.05, 4.69) is 31.4 Å². The number of nitrogens with one attached hydrogen (secondary N) is 2. The third kappa shape index (κ3) is 2.76. The molecule has 3 rings (SSSR count). The Labute approximate surface area is 145 Å². The lowest BCUT2D eigenvalue weighted by molar-refractivity contribution is -0.136. The number of esters is 1. The molecule has 1 aliphatic rings. The molecule has 0 saturated carbocycles. The number of fused-ring (bicyclic) bond motifs is 1. The van der Waals surface area contributed by atoms with Crippen LogP contribution < -0.4 is 5.32 Å². The fourth-order valence-electron chi connectivity index (χ4n) is 2.59. The van der Waals surface area contributed by atoms with Crippen molar-refractivity contribution in [2.75, 3.05) is 32.1 Å². The van der Waals surface area contributed by atoms with Gasteiger partial charge >= 0.3 is 5.97 Å². The molecule has 24 heavy (non-hydrogen) atoms. The number of carbonyl (C=O) groups excluding carboxylic acids is 2. The van der Waals surface area contributed by atoms with Gasteiger partial charge in [0.05, 0.1) is 43.2 Å². The van der Waals surface area contributed by atoms with E-state index in [0.717, 1.165) is 9.86 Å². The van der Waals surface area contributed by atoms with E-state index >= 15 is 0 Å². The molecule has 0 aliphatic carbocycles. The summed E-state index contributed by atoms with van der Waals surface area (Å²) in [6.07, 6.45) is 1.66. The summed E-state index contributed by atoms with van der Waals surface area (Å²) >= 11 is 3.43. The summed E-state index contributed by atoms with van der Waals surface area (Å²) in [4.78, 5) is 25.9. The third-order valence-corrected chi connectivity index (χ3v) is 4.47. The number of hydrogen-bond donors (Lipinski definition) is 3. The summed E-state index contributed by atoms with van der Waals surface area (Å²) in [6.45, 7) is 0.0535. The highest BCUT2D eigenvalue weighted by Crippen LogP contribution is 2.31. The van der Waals surface area contributed by atoms with Gasteiger partial charge in [0.2, 0.25) is 0 Å². The highest BCUT2D eigenvalue weighted by atomic mass is 79.9. The van der Waals surface area contributed by atoms with Crippen LogP contribution in [0.5, 0.6) is 0 Å². The first-order chi connectivity index (χ1) is 11.6. The Bertz CT molecular complexity index is 845. The lowest BCUT2D eigenvalue weighted by atomic mass is 10.2. The number of hydrogen-bond acceptors (Lipinski definition) is 6. The molecule has 8 nitrogen and oxygen atoms in total. The molecule has 2 heterocycles. The monoisotopic (exact) mass is 394 g/mol. The van der Waals surface area contributed by atoms with Gasteiger partial charge in [0.25, 0.3) is 5.91 Å². The van der Waals surface area contributed by atoms with Gasteiger partial charge in [-0.05, 0) is 12.1 Å². The number of ether oxygens (including phenoxy) is 1. The van der Waals surface area contributed by atoms with Gasteiger partial charge in [0, 0.05) is 16.4 Å². The third-order valence-electron chi connectivity index (χ3n) is 3.78. The molecule has 3 N–H and O–H groups in total. The van der Waals surface area contributed by atoms with Crippen molar-refractivity contribution in [1.29, 1.82) is 0 Å². The molecule has 0 saturated heterocycles. The van der Waals surface area contributed by atoms with E-state index in [-0.39, 0.29) is 36.9 Å². The Hall–Kier alpha value is -2.39. The van der Waals surface area contributed by atoms with Crippen LogP contribution in [0.15, 0.2) is 34.1 Å². The Morgan fingerprint density at radius 3 is 3.04 bits per heavy atom. The number of anilines is 1. The SMILES string of the molecule is COC(=O)C1=C(Nc2ccc(Br)c3cn[nH]c23)C(=O)N(CCO)C1. The highest BCUT2D eigenvalue weighted by molar-refractivity contribution is 9.10. The first kappa shape index (κ1) is 16.5. The second-order valence-corrected chi connectivity index (χ2v) is 6.03. The van der Waals surface area contributed by atoms with Crippen LogP contribution in [-0.2, 0) is 14.3 Å². The molecule has 1 aromatic heterocycles. The maximum atomic E-state index is 12.5. The molecule has 0 bridgehead atoms. The molecule has 0 radical (unpaired) electrons. The number of amides is 1. The van der Waals surface area contributed by atoms with Crippen LogP contribution in [0.2, 0.25) is 0 Å². The predicted molar refractivity (Wildman–Crippen MR) is 90.1 cm³/mol. The molecule has 0 unspecified atom stereocenters. The van der Waals surface area contributed by atoms with E-state index < -0.39 is 5.97 Å². The van der Waals surface area contributed by atoms with Crippen molar-refractivity contribution in [3.05, 3.63) is 34.1 Å². The molecule has 1 aliphatic heterocycles. The van der Waals surface area contributed by atoms with Gasteiger partial charge in [0.15, 0.2) is 0 Å². The van der Waals surface area contributed by atoms with Crippen molar-refractivity contribution in [2.24, 2.45) is 0 Å². The number of aliphatic hydroxyl groups is 1. The van der Waals surface area contributed by atoms with Gasteiger partial charge in [-0.15, -0.1) is 0 Å². The van der Waals surface area contributed by atoms with E-state index in [1.54, 1.807) is 12.3 Å². The molecule has 1 aromatic carbocycles. The number of aliphatic hydroxyl groups excluding tert-OH is 1. The van der Waals surface area contributed by atoms with E-state index in [1.165, 1.54) is 12.0 Å². The Kier molecular flexibility index (Phi) is 4.54. The first-order valence-corrected chi connectivity index (χ1v) is 7.96. The van der Waals surface area contributed by atoms with Gasteiger partial charge in [-0.25, -0.2) is 4.79 Å². The number of H-pyrrole nitrogens is 1. The molecule has 0 atom stereocenters. The molecule has 126 valence electrons. The second-order valence-electron chi connectivity index (χ2n) is 5.17. The number of aromatic amines is 1. The zero-order valence-electron chi connectivity index (χ0n) is 12.8. The number of aromatic nitrogens is 2. The molecule has 2 aromatic rings. The fourth-order valence-corrected chi connectivity index (χ4v) is 3.02. The molecule has 1 amide bonds. The minimum atomic E-state index is -0.579. The van der Waals surface area contributed by atoms with Crippen molar-refractivity contribution in [3.63, 3.8) is 0 Å². The number of halogens is 1. The topological polar surface area (TPSA) is 108 Å². The largest absolute Gasteiger partial charge is 0.466 e. The summed E-state index contributed by atoms with van der Waals surface area (Å²) in [7, 11) is 1.26. The second kappa shape index (κ2) is 6.62. The summed E-state index contributed by atoms with van der Waals surface area (Å²) in [5.74, 6) is -0.940. The smallest absolute Gasteiger partial charge is 0.337 e. The van der Waals surface area contributed by atoms with E-state index in [9.17, 15) is 9.59 Å². The summed E-state index contributed by atoms with van der Waals surface area (Å²) in [6, 6.07) is 3.60. The summed E-state index contributed by atoms with van der Waals surface area (Å²) in [5.41, 5.74) is 1.69. The average molecular weight is 395 g/mol. The van der Waals surface area contributed by atoms with Crippen molar-refractivity contribution in [3.8, 4) is 0 Å². The Morgan fingerprint density at radius 2 is 2.33 bits per heavy atom. The van der Waals surface area contributed by atoms with Crippen LogP contribution in [0, 0.1) is 0 Å². The highest BCUT2D eigenvalue weighted by Gasteiger charge is 2.34. The van der Waals surface area contributed by atoms with Crippen LogP contribution >= 0.6 is 15.9 Å². The number of benzene rings is 1. The van der Waals surface area contributed by atoms with Crippen molar-refractivity contribution < 1.29 is 19.4 Å². The molecular weight excluding hydrogens is 380 g/mol. The maximum Gasteiger partial charge on any atom is 0.337 e. The Balaban J connectivity index is 2.01. The van der Waals surface area contributed by atoms with Gasteiger partial charge in [0.1, 0.15) is 5.70 Å². The van der Waals surface area contributed by atoms with E-state index in [4.69, 9.17) is 9.84 Å². The predicted octanol–water partition coefficient (Wildman–Crippen LogP) is 0.999. The minimum absolute atomic E-state index is 0.0943. The number of β-amino-alcohol motifs (C(OH)–C–C–N with tert-alkyl or cyclic N) is 1. The maximum absolute atomic E-state index is 12.5. The number of methoxy groups -OCH3 is 1. The van der Waals surface area contributed by atoms with Crippen molar-refractivity contribution in [1.82, 2.24) is 15.1 Å². The summed E-state index contributed by atoms with van der Waals surface area (Å²) < 4.78 is 5.62. The van der Waals surface area contributed by atoms with Crippen LogP contribution in [-0.4, -0.2) is 58.9 Å². The quantitative estimate of drug-likeness (QED) is 0.652. The van der Waals surface area contributed by atoms with Crippen molar-refractivity contribution >= 4 is 44.4 Å².